The maximum atomic E-state index is 10.0. The van der Waals surface area contributed by atoms with Crippen molar-refractivity contribution in [3.63, 3.8) is 0 Å². The summed E-state index contributed by atoms with van der Waals surface area (Å²) in [5.74, 6) is 1.34. The molecule has 4 heteroatoms. The summed E-state index contributed by atoms with van der Waals surface area (Å²) < 4.78 is 85.6. The first-order valence-corrected chi connectivity index (χ1v) is 32.3. The SMILES string of the molecule is [2H]c1c([2H])c([2H])c2c(c1[2H])c1c([2H])c([2H])c([2H])c([2H])c1n2-c1cc2c3c(c1)C1(c4ccccc4Oc4ccccc41)c1cc(-c4cc(C(C)(C)C)cc(C(C)(C)C)c4)ccc1B3c1ccc(-c3cc(C(C)(C)C)cc(C(C)(C)C)c3)cc1N2c1ccc(C(C)(C)C)cc1-c1ccccc1. The fraction of sp³-hybridized carbons (Fsp3) is 0.241. The lowest BCUT2D eigenvalue weighted by Crippen LogP contribution is -2.65. The summed E-state index contributed by atoms with van der Waals surface area (Å²) in [5, 5.41) is 0.0165. The van der Waals surface area contributed by atoms with Crippen LogP contribution in [0, 0.1) is 0 Å². The smallest absolute Gasteiger partial charge is 0.247 e. The van der Waals surface area contributed by atoms with Crippen LogP contribution in [0.5, 0.6) is 11.5 Å². The number of benzene rings is 11. The molecule has 0 fully saturated rings. The second-order valence-corrected chi connectivity index (χ2v) is 30.8. The number of ether oxygens (including phenoxy) is 1. The summed E-state index contributed by atoms with van der Waals surface area (Å²) in [5.41, 5.74) is 20.1. The average Bonchev–Trinajstić information content (AvgIpc) is 1.13. The van der Waals surface area contributed by atoms with E-state index in [1.807, 2.05) is 30.3 Å². The fourth-order valence-corrected chi connectivity index (χ4v) is 14.7. The van der Waals surface area contributed by atoms with Crippen LogP contribution in [0.4, 0.5) is 17.1 Å². The molecule has 3 aliphatic rings. The topological polar surface area (TPSA) is 17.4 Å². The molecular weight excluding hydrogens is 1100 g/mol. The Kier molecular flexibility index (Phi) is 11.2. The Bertz CT molecular complexity index is 5250. The van der Waals surface area contributed by atoms with Gasteiger partial charge in [0.1, 0.15) is 11.5 Å². The van der Waals surface area contributed by atoms with Gasteiger partial charge in [-0.2, -0.15) is 0 Å². The monoisotopic (exact) mass is 1190 g/mol. The van der Waals surface area contributed by atoms with E-state index in [1.165, 1.54) is 22.3 Å². The Labute approximate surface area is 551 Å². The molecule has 0 saturated carbocycles. The predicted octanol–water partition coefficient (Wildman–Crippen LogP) is 21.4. The highest BCUT2D eigenvalue weighted by atomic mass is 16.5. The van der Waals surface area contributed by atoms with Crippen molar-refractivity contribution in [1.29, 1.82) is 0 Å². The van der Waals surface area contributed by atoms with E-state index < -0.39 is 48.4 Å². The van der Waals surface area contributed by atoms with Gasteiger partial charge in [0.05, 0.1) is 33.1 Å². The fourth-order valence-electron chi connectivity index (χ4n) is 14.7. The van der Waals surface area contributed by atoms with Gasteiger partial charge in [0.25, 0.3) is 0 Å². The molecule has 3 aliphatic heterocycles. The lowest BCUT2D eigenvalue weighted by molar-refractivity contribution is 0.435. The molecule has 3 nitrogen and oxygen atoms in total. The lowest BCUT2D eigenvalue weighted by Gasteiger charge is -2.50. The van der Waals surface area contributed by atoms with Gasteiger partial charge in [-0.05, 0) is 159 Å². The Balaban J connectivity index is 1.19. The van der Waals surface area contributed by atoms with Crippen LogP contribution in [0.1, 0.15) is 165 Å². The van der Waals surface area contributed by atoms with Gasteiger partial charge in [0.2, 0.25) is 6.71 Å². The molecule has 0 aliphatic carbocycles. The molecule has 450 valence electrons. The van der Waals surface area contributed by atoms with Crippen LogP contribution in [-0.4, -0.2) is 11.3 Å². The predicted molar refractivity (Wildman–Crippen MR) is 388 cm³/mol. The van der Waals surface area contributed by atoms with Gasteiger partial charge in [0.15, 0.2) is 0 Å². The summed E-state index contributed by atoms with van der Waals surface area (Å²) in [6, 6.07) is 63.2. The molecule has 0 radical (unpaired) electrons. The van der Waals surface area contributed by atoms with E-state index in [1.54, 1.807) is 4.57 Å². The quantitative estimate of drug-likeness (QED) is 0.160. The number of hydrogen-bond donors (Lipinski definition) is 0. The number of fused-ring (bicyclic) bond motifs is 13. The second kappa shape index (κ2) is 20.4. The van der Waals surface area contributed by atoms with Gasteiger partial charge in [-0.3, -0.25) is 0 Å². The van der Waals surface area contributed by atoms with Gasteiger partial charge in [-0.1, -0.05) is 285 Å². The normalized spacial score (nSPS) is 15.5. The molecule has 1 spiro atoms. The van der Waals surface area contributed by atoms with E-state index in [0.717, 1.165) is 94.6 Å². The minimum atomic E-state index is -1.21. The van der Waals surface area contributed by atoms with E-state index in [4.69, 9.17) is 4.74 Å². The number of hydrogen-bond acceptors (Lipinski definition) is 2. The second-order valence-electron chi connectivity index (χ2n) is 30.8. The van der Waals surface area contributed by atoms with Crippen molar-refractivity contribution in [2.75, 3.05) is 4.90 Å². The third-order valence-corrected chi connectivity index (χ3v) is 19.7. The molecule has 0 bridgehead atoms. The van der Waals surface area contributed by atoms with Gasteiger partial charge in [-0.15, -0.1) is 0 Å². The van der Waals surface area contributed by atoms with E-state index >= 15 is 0 Å². The zero-order chi connectivity index (χ0) is 70.4. The van der Waals surface area contributed by atoms with Crippen molar-refractivity contribution >= 4 is 62.0 Å². The molecule has 0 saturated heterocycles. The summed E-state index contributed by atoms with van der Waals surface area (Å²) >= 11 is 0. The maximum absolute atomic E-state index is 10.0. The highest BCUT2D eigenvalue weighted by Gasteiger charge is 2.55. The van der Waals surface area contributed by atoms with Crippen LogP contribution in [0.2, 0.25) is 0 Å². The zero-order valence-corrected chi connectivity index (χ0v) is 55.2. The van der Waals surface area contributed by atoms with Crippen LogP contribution >= 0.6 is 0 Å². The van der Waals surface area contributed by atoms with Gasteiger partial charge in [-0.25, -0.2) is 0 Å². The number of rotatable bonds is 5. The summed E-state index contributed by atoms with van der Waals surface area (Å²) in [7, 11) is 0. The Morgan fingerprint density at radius 3 is 1.37 bits per heavy atom. The van der Waals surface area contributed by atoms with E-state index in [0.29, 0.717) is 17.2 Å². The summed E-state index contributed by atoms with van der Waals surface area (Å²) in [6.07, 6.45) is 0. The van der Waals surface area contributed by atoms with Crippen LogP contribution in [0.3, 0.4) is 0 Å². The molecule has 0 atom stereocenters. The number of para-hydroxylation sites is 4. The molecular formula is C87H83BN2O. The minimum absolute atomic E-state index is 0.00824. The van der Waals surface area contributed by atoms with Gasteiger partial charge in [0, 0.05) is 44.5 Å². The number of aromatic nitrogens is 1. The average molecular weight is 1190 g/mol. The summed E-state index contributed by atoms with van der Waals surface area (Å²) in [6.45, 7) is 33.6. The highest BCUT2D eigenvalue weighted by Crippen LogP contribution is 2.59. The van der Waals surface area contributed by atoms with Crippen LogP contribution < -0.4 is 26.0 Å². The molecule has 1 aromatic heterocycles. The van der Waals surface area contributed by atoms with E-state index in [9.17, 15) is 11.0 Å². The van der Waals surface area contributed by atoms with Crippen molar-refractivity contribution in [3.8, 4) is 50.6 Å². The van der Waals surface area contributed by atoms with E-state index in [2.05, 4.69) is 260 Å². The Hall–Kier alpha value is -9.12. The van der Waals surface area contributed by atoms with Crippen LogP contribution in [-0.2, 0) is 32.5 Å². The largest absolute Gasteiger partial charge is 0.457 e. The van der Waals surface area contributed by atoms with Crippen molar-refractivity contribution in [2.45, 2.75) is 136 Å². The third-order valence-electron chi connectivity index (χ3n) is 19.7. The first-order valence-electron chi connectivity index (χ1n) is 36.3. The van der Waals surface area contributed by atoms with Gasteiger partial charge < -0.3 is 14.2 Å². The zero-order valence-electron chi connectivity index (χ0n) is 63.2. The molecule has 0 unspecified atom stereocenters. The first kappa shape index (κ1) is 49.6. The number of anilines is 3. The van der Waals surface area contributed by atoms with Crippen LogP contribution in [0.15, 0.2) is 230 Å². The third kappa shape index (κ3) is 9.36. The van der Waals surface area contributed by atoms with Crippen LogP contribution in [0.25, 0.3) is 60.9 Å². The van der Waals surface area contributed by atoms with Crippen molar-refractivity contribution in [3.05, 3.63) is 280 Å². The van der Waals surface area contributed by atoms with Crippen molar-refractivity contribution < 1.29 is 15.7 Å². The molecule has 15 rings (SSSR count). The first-order chi connectivity index (χ1) is 46.6. The molecule has 12 aromatic rings. The summed E-state index contributed by atoms with van der Waals surface area (Å²) in [4.78, 5) is 2.43. The molecule has 91 heavy (non-hydrogen) atoms. The lowest BCUT2D eigenvalue weighted by atomic mass is 9.29. The van der Waals surface area contributed by atoms with Gasteiger partial charge >= 0.3 is 0 Å². The van der Waals surface area contributed by atoms with E-state index in [-0.39, 0.29) is 61.0 Å². The van der Waals surface area contributed by atoms with Crippen molar-refractivity contribution in [2.24, 2.45) is 0 Å². The molecule has 4 heterocycles. The Morgan fingerprint density at radius 1 is 0.363 bits per heavy atom. The highest BCUT2D eigenvalue weighted by molar-refractivity contribution is 6.99. The molecule has 11 aromatic carbocycles. The molecule has 0 amide bonds. The maximum Gasteiger partial charge on any atom is 0.247 e. The minimum Gasteiger partial charge on any atom is -0.457 e. The molecule has 0 N–H and O–H groups in total. The number of nitrogens with zero attached hydrogens (tertiary/aromatic N) is 2. The van der Waals surface area contributed by atoms with Crippen molar-refractivity contribution in [1.82, 2.24) is 4.57 Å². The Morgan fingerprint density at radius 2 is 0.846 bits per heavy atom. The standard InChI is InChI=1S/C87H83BN2O/c1-82(2,3)59-39-42-76(67(51-59)54-27-17-16-18-28-54)90-77-48-56(58-45-62(85(10,11)12)50-63(46-58)86(13,14)15)38-41-73(77)88-72-40-37-55(57-43-60(83(4,5)6)49-61(44-57)84(7,8)9)47-70(72)87(68-31-21-25-35-79(68)91-80-36-26-22-32-69(80)87)71-52-64(53-78(90)81(71)88)89-74-33-23-19-29-65(74)66-30-20-24-34-75(66)89/h16-53H,1-15H3/i19D,20D,23D,24D,29D,30D,33D,34D.